The third-order valence-electron chi connectivity index (χ3n) is 14.0. The first kappa shape index (κ1) is 66.2. The lowest BCUT2D eigenvalue weighted by atomic mass is 10.0. The zero-order chi connectivity index (χ0) is 49.3. The third kappa shape index (κ3) is 55.1. The van der Waals surface area contributed by atoms with Crippen molar-refractivity contribution in [2.24, 2.45) is 0 Å². The Morgan fingerprint density at radius 3 is 0.750 bits per heavy atom. The molecule has 0 fully saturated rings. The monoisotopic (exact) mass is 959 g/mol. The van der Waals surface area contributed by atoms with Crippen molar-refractivity contribution in [3.63, 3.8) is 0 Å². The molecule has 0 aliphatic rings. The highest BCUT2D eigenvalue weighted by Gasteiger charge is 2.19. The second-order valence-corrected chi connectivity index (χ2v) is 21.0. The zero-order valence-electron chi connectivity index (χ0n) is 46.2. The number of rotatable bonds is 57. The SMILES string of the molecule is CCCCCC/C=C/CCCCCCCCCC(=O)OC[C@H](COC(=O)CCCCCCCCCCCCCCCCCCCCC)OC(=O)CCCCCCCCCCCCCCCCCC. The van der Waals surface area contributed by atoms with Crippen LogP contribution >= 0.6 is 0 Å². The smallest absolute Gasteiger partial charge is 0.306 e. The third-order valence-corrected chi connectivity index (χ3v) is 14.0. The van der Waals surface area contributed by atoms with Crippen molar-refractivity contribution in [3.8, 4) is 0 Å². The number of carbonyl (C=O) groups is 3. The zero-order valence-corrected chi connectivity index (χ0v) is 46.2. The standard InChI is InChI=1S/C62H118O6/c1-4-7-10-13-16-19-22-25-28-30-31-32-35-37-40-43-46-49-52-55-61(64)67-58-59(57-66-60(63)54-51-48-45-42-39-36-33-27-24-21-18-15-12-9-6-3)68-62(65)56-53-50-47-44-41-38-34-29-26-23-20-17-14-11-8-5-2/h21,24,59H,4-20,22-23,25-58H2,1-3H3/b24-21+/t59-/m1/s1. The lowest BCUT2D eigenvalue weighted by Crippen LogP contribution is -2.30. The van der Waals surface area contributed by atoms with E-state index < -0.39 is 6.10 Å². The van der Waals surface area contributed by atoms with E-state index in [0.717, 1.165) is 57.8 Å². The van der Waals surface area contributed by atoms with Crippen LogP contribution in [-0.2, 0) is 28.6 Å². The van der Waals surface area contributed by atoms with Gasteiger partial charge >= 0.3 is 17.9 Å². The summed E-state index contributed by atoms with van der Waals surface area (Å²) in [5, 5.41) is 0. The van der Waals surface area contributed by atoms with Crippen LogP contribution in [-0.4, -0.2) is 37.2 Å². The number of unbranched alkanes of at least 4 members (excludes halogenated alkanes) is 44. The van der Waals surface area contributed by atoms with Gasteiger partial charge in [-0.1, -0.05) is 296 Å². The van der Waals surface area contributed by atoms with Gasteiger partial charge in [0.05, 0.1) is 0 Å². The highest BCUT2D eigenvalue weighted by atomic mass is 16.6. The number of hydrogen-bond donors (Lipinski definition) is 0. The van der Waals surface area contributed by atoms with Gasteiger partial charge in [0.15, 0.2) is 6.10 Å². The summed E-state index contributed by atoms with van der Waals surface area (Å²) in [5.41, 5.74) is 0. The van der Waals surface area contributed by atoms with Crippen LogP contribution < -0.4 is 0 Å². The Morgan fingerprint density at radius 1 is 0.279 bits per heavy atom. The number of hydrogen-bond acceptors (Lipinski definition) is 6. The van der Waals surface area contributed by atoms with Crippen molar-refractivity contribution in [1.29, 1.82) is 0 Å². The van der Waals surface area contributed by atoms with Crippen LogP contribution in [0.15, 0.2) is 12.2 Å². The normalized spacial score (nSPS) is 12.0. The van der Waals surface area contributed by atoms with Gasteiger partial charge in [0.2, 0.25) is 0 Å². The first-order valence-electron chi connectivity index (χ1n) is 30.7. The van der Waals surface area contributed by atoms with Crippen molar-refractivity contribution in [2.45, 2.75) is 354 Å². The maximum atomic E-state index is 12.9. The molecule has 0 aliphatic carbocycles. The molecule has 0 aliphatic heterocycles. The molecule has 68 heavy (non-hydrogen) atoms. The van der Waals surface area contributed by atoms with E-state index in [-0.39, 0.29) is 31.1 Å². The molecule has 6 nitrogen and oxygen atoms in total. The van der Waals surface area contributed by atoms with Crippen LogP contribution in [0.2, 0.25) is 0 Å². The maximum Gasteiger partial charge on any atom is 0.306 e. The molecular formula is C62H118O6. The fraction of sp³-hybridized carbons (Fsp3) is 0.919. The molecule has 0 aromatic heterocycles. The predicted molar refractivity (Wildman–Crippen MR) is 293 cm³/mol. The molecule has 0 radical (unpaired) electrons. The second kappa shape index (κ2) is 57.7. The van der Waals surface area contributed by atoms with E-state index in [2.05, 4.69) is 32.9 Å². The van der Waals surface area contributed by atoms with Crippen LogP contribution in [0.1, 0.15) is 348 Å². The quantitative estimate of drug-likeness (QED) is 0.0262. The lowest BCUT2D eigenvalue weighted by molar-refractivity contribution is -0.167. The average Bonchev–Trinajstić information content (AvgIpc) is 3.34. The highest BCUT2D eigenvalue weighted by molar-refractivity contribution is 5.71. The van der Waals surface area contributed by atoms with Crippen LogP contribution in [0.25, 0.3) is 0 Å². The Balaban J connectivity index is 4.29. The van der Waals surface area contributed by atoms with Gasteiger partial charge in [-0.2, -0.15) is 0 Å². The molecule has 0 aromatic rings. The molecule has 0 aromatic carbocycles. The van der Waals surface area contributed by atoms with Gasteiger partial charge in [0.25, 0.3) is 0 Å². The summed E-state index contributed by atoms with van der Waals surface area (Å²) >= 11 is 0. The summed E-state index contributed by atoms with van der Waals surface area (Å²) < 4.78 is 16.9. The molecule has 0 amide bonds. The van der Waals surface area contributed by atoms with Gasteiger partial charge in [-0.15, -0.1) is 0 Å². The molecule has 1 atom stereocenters. The predicted octanol–water partition coefficient (Wildman–Crippen LogP) is 20.5. The largest absolute Gasteiger partial charge is 0.462 e. The maximum absolute atomic E-state index is 12.9. The number of allylic oxidation sites excluding steroid dienone is 2. The fourth-order valence-electron chi connectivity index (χ4n) is 9.38. The summed E-state index contributed by atoms with van der Waals surface area (Å²) in [5.74, 6) is -0.841. The minimum absolute atomic E-state index is 0.0648. The fourth-order valence-corrected chi connectivity index (χ4v) is 9.38. The number of carbonyl (C=O) groups excluding carboxylic acids is 3. The minimum Gasteiger partial charge on any atom is -0.462 e. The molecule has 0 rings (SSSR count). The van der Waals surface area contributed by atoms with E-state index in [1.165, 1.54) is 250 Å². The van der Waals surface area contributed by atoms with E-state index in [9.17, 15) is 14.4 Å². The summed E-state index contributed by atoms with van der Waals surface area (Å²) in [7, 11) is 0. The summed E-state index contributed by atoms with van der Waals surface area (Å²) in [4.78, 5) is 38.2. The first-order valence-corrected chi connectivity index (χ1v) is 30.7. The number of ether oxygens (including phenoxy) is 3. The van der Waals surface area contributed by atoms with Gasteiger partial charge in [-0.05, 0) is 44.9 Å². The van der Waals surface area contributed by atoms with Gasteiger partial charge < -0.3 is 14.2 Å². The van der Waals surface area contributed by atoms with E-state index in [4.69, 9.17) is 14.2 Å². The lowest BCUT2D eigenvalue weighted by Gasteiger charge is -2.18. The van der Waals surface area contributed by atoms with Crippen LogP contribution in [0, 0.1) is 0 Å². The molecule has 6 heteroatoms. The Kier molecular flexibility index (Phi) is 56.2. The molecular weight excluding hydrogens is 841 g/mol. The van der Waals surface area contributed by atoms with Crippen molar-refractivity contribution in [1.82, 2.24) is 0 Å². The Bertz CT molecular complexity index is 1060. The molecule has 0 saturated carbocycles. The van der Waals surface area contributed by atoms with Crippen LogP contribution in [0.5, 0.6) is 0 Å². The summed E-state index contributed by atoms with van der Waals surface area (Å²) in [6.07, 6.45) is 66.3. The van der Waals surface area contributed by atoms with Crippen LogP contribution in [0.3, 0.4) is 0 Å². The van der Waals surface area contributed by atoms with E-state index in [1.54, 1.807) is 0 Å². The summed E-state index contributed by atoms with van der Waals surface area (Å²) in [6.45, 7) is 6.70. The molecule has 0 bridgehead atoms. The summed E-state index contributed by atoms with van der Waals surface area (Å²) in [6, 6.07) is 0. The van der Waals surface area contributed by atoms with Crippen LogP contribution in [0.4, 0.5) is 0 Å². The second-order valence-electron chi connectivity index (χ2n) is 21.0. The molecule has 0 N–H and O–H groups in total. The Labute approximate surface area is 424 Å². The van der Waals surface area contributed by atoms with E-state index in [0.29, 0.717) is 19.3 Å². The van der Waals surface area contributed by atoms with Crippen molar-refractivity contribution in [3.05, 3.63) is 12.2 Å². The van der Waals surface area contributed by atoms with E-state index >= 15 is 0 Å². The Hall–Kier alpha value is -1.85. The van der Waals surface area contributed by atoms with E-state index in [1.807, 2.05) is 0 Å². The van der Waals surface area contributed by atoms with Crippen molar-refractivity contribution >= 4 is 17.9 Å². The van der Waals surface area contributed by atoms with Gasteiger partial charge in [0, 0.05) is 19.3 Å². The minimum atomic E-state index is -0.766. The Morgan fingerprint density at radius 2 is 0.485 bits per heavy atom. The number of esters is 3. The molecule has 0 unspecified atom stereocenters. The van der Waals surface area contributed by atoms with Crippen molar-refractivity contribution < 1.29 is 28.6 Å². The highest BCUT2D eigenvalue weighted by Crippen LogP contribution is 2.18. The first-order chi connectivity index (χ1) is 33.5. The van der Waals surface area contributed by atoms with Gasteiger partial charge in [-0.25, -0.2) is 0 Å². The molecule has 0 heterocycles. The average molecular weight is 960 g/mol. The van der Waals surface area contributed by atoms with Gasteiger partial charge in [0.1, 0.15) is 13.2 Å². The topological polar surface area (TPSA) is 78.9 Å². The van der Waals surface area contributed by atoms with Crippen molar-refractivity contribution in [2.75, 3.05) is 13.2 Å². The van der Waals surface area contributed by atoms with Gasteiger partial charge in [-0.3, -0.25) is 14.4 Å². The molecule has 0 saturated heterocycles. The molecule has 402 valence electrons. The molecule has 0 spiro atoms.